The van der Waals surface area contributed by atoms with Crippen LogP contribution >= 0.6 is 15.9 Å². The molecule has 0 aliphatic heterocycles. The zero-order chi connectivity index (χ0) is 18.1. The summed E-state index contributed by atoms with van der Waals surface area (Å²) in [6.07, 6.45) is 6.61. The van der Waals surface area contributed by atoms with Crippen LogP contribution in [0, 0.1) is 18.2 Å². The lowest BCUT2D eigenvalue weighted by atomic mass is 10.2. The summed E-state index contributed by atoms with van der Waals surface area (Å²) in [6.45, 7) is -0.0782. The van der Waals surface area contributed by atoms with Gasteiger partial charge in [-0.15, -0.1) is 6.42 Å². The normalized spacial score (nSPS) is 10.3. The average molecular weight is 405 g/mol. The second-order valence-corrected chi connectivity index (χ2v) is 5.57. The van der Waals surface area contributed by atoms with E-state index in [1.54, 1.807) is 18.2 Å². The topological polar surface area (TPSA) is 59.9 Å². The molecule has 1 amide bonds. The number of hydrogen-bond acceptors (Lipinski definition) is 4. The number of hydrogen-bond donors (Lipinski definition) is 1. The van der Waals surface area contributed by atoms with Crippen LogP contribution in [0.3, 0.4) is 0 Å². The highest BCUT2D eigenvalue weighted by Gasteiger charge is 2.03. The SMILES string of the molecule is C#CCOc1ccc(Br)c(/C=N/NC(=O)COc2ccc(F)cc2)c1. The van der Waals surface area contributed by atoms with Crippen LogP contribution in [0.4, 0.5) is 4.39 Å². The second-order valence-electron chi connectivity index (χ2n) is 4.71. The summed E-state index contributed by atoms with van der Waals surface area (Å²) >= 11 is 3.38. The minimum absolute atomic E-state index is 0.162. The Morgan fingerprint density at radius 1 is 1.24 bits per heavy atom. The number of terminal acetylenes is 1. The lowest BCUT2D eigenvalue weighted by Crippen LogP contribution is -2.24. The quantitative estimate of drug-likeness (QED) is 0.438. The van der Waals surface area contributed by atoms with Gasteiger partial charge in [0.25, 0.3) is 5.91 Å². The van der Waals surface area contributed by atoms with Crippen molar-refractivity contribution in [3.63, 3.8) is 0 Å². The van der Waals surface area contributed by atoms with E-state index in [0.717, 1.165) is 4.47 Å². The fraction of sp³-hybridized carbons (Fsp3) is 0.111. The third kappa shape index (κ3) is 6.28. The van der Waals surface area contributed by atoms with Gasteiger partial charge in [0.1, 0.15) is 23.9 Å². The van der Waals surface area contributed by atoms with Gasteiger partial charge in [0.2, 0.25) is 0 Å². The number of ether oxygens (including phenoxy) is 2. The Kier molecular flexibility index (Phi) is 6.99. The number of nitrogens with one attached hydrogen (secondary N) is 1. The van der Waals surface area contributed by atoms with Gasteiger partial charge in [-0.3, -0.25) is 4.79 Å². The molecule has 2 rings (SSSR count). The average Bonchev–Trinajstić information content (AvgIpc) is 2.61. The molecule has 0 aromatic heterocycles. The van der Waals surface area contributed by atoms with Crippen molar-refractivity contribution in [2.75, 3.05) is 13.2 Å². The number of rotatable bonds is 7. The minimum Gasteiger partial charge on any atom is -0.484 e. The largest absolute Gasteiger partial charge is 0.484 e. The molecule has 0 atom stereocenters. The maximum absolute atomic E-state index is 12.8. The van der Waals surface area contributed by atoms with E-state index in [0.29, 0.717) is 17.1 Å². The fourth-order valence-corrected chi connectivity index (χ4v) is 2.07. The van der Waals surface area contributed by atoms with E-state index in [9.17, 15) is 9.18 Å². The van der Waals surface area contributed by atoms with Gasteiger partial charge in [-0.1, -0.05) is 21.9 Å². The summed E-state index contributed by atoms with van der Waals surface area (Å²) in [6, 6.07) is 10.6. The van der Waals surface area contributed by atoms with Crippen LogP contribution in [0.2, 0.25) is 0 Å². The number of nitrogens with zero attached hydrogens (tertiary/aromatic N) is 1. The predicted octanol–water partition coefficient (Wildman–Crippen LogP) is 3.13. The lowest BCUT2D eigenvalue weighted by molar-refractivity contribution is -0.123. The van der Waals surface area contributed by atoms with Crippen LogP contribution in [0.1, 0.15) is 5.56 Å². The predicted molar refractivity (Wildman–Crippen MR) is 96.1 cm³/mol. The number of hydrazone groups is 1. The van der Waals surface area contributed by atoms with Crippen molar-refractivity contribution in [2.45, 2.75) is 0 Å². The molecule has 128 valence electrons. The highest BCUT2D eigenvalue weighted by atomic mass is 79.9. The van der Waals surface area contributed by atoms with Gasteiger partial charge in [-0.05, 0) is 42.5 Å². The van der Waals surface area contributed by atoms with Crippen molar-refractivity contribution in [3.05, 3.63) is 58.3 Å². The van der Waals surface area contributed by atoms with Crippen molar-refractivity contribution >= 4 is 28.1 Å². The molecule has 0 heterocycles. The molecule has 5 nitrogen and oxygen atoms in total. The van der Waals surface area contributed by atoms with Crippen molar-refractivity contribution in [2.24, 2.45) is 5.10 Å². The van der Waals surface area contributed by atoms with Crippen molar-refractivity contribution in [1.82, 2.24) is 5.43 Å². The van der Waals surface area contributed by atoms with Crippen LogP contribution in [-0.2, 0) is 4.79 Å². The van der Waals surface area contributed by atoms with Crippen LogP contribution in [0.25, 0.3) is 0 Å². The van der Waals surface area contributed by atoms with Crippen LogP contribution in [0.5, 0.6) is 11.5 Å². The summed E-state index contributed by atoms with van der Waals surface area (Å²) in [5.41, 5.74) is 3.04. The molecule has 0 fully saturated rings. The fourth-order valence-electron chi connectivity index (χ4n) is 1.72. The van der Waals surface area contributed by atoms with E-state index in [2.05, 4.69) is 32.4 Å². The highest BCUT2D eigenvalue weighted by Crippen LogP contribution is 2.21. The molecule has 2 aromatic carbocycles. The number of halogens is 2. The third-order valence-electron chi connectivity index (χ3n) is 2.87. The first-order valence-corrected chi connectivity index (χ1v) is 7.94. The molecule has 7 heteroatoms. The first-order valence-electron chi connectivity index (χ1n) is 7.14. The second kappa shape index (κ2) is 9.45. The molecule has 0 aliphatic rings. The number of carbonyl (C=O) groups excluding carboxylic acids is 1. The van der Waals surface area contributed by atoms with Crippen molar-refractivity contribution in [1.29, 1.82) is 0 Å². The molecule has 0 unspecified atom stereocenters. The van der Waals surface area contributed by atoms with E-state index >= 15 is 0 Å². The molecule has 0 saturated heterocycles. The zero-order valence-corrected chi connectivity index (χ0v) is 14.6. The minimum atomic E-state index is -0.448. The third-order valence-corrected chi connectivity index (χ3v) is 3.59. The van der Waals surface area contributed by atoms with E-state index in [4.69, 9.17) is 15.9 Å². The Bertz CT molecular complexity index is 801. The van der Waals surface area contributed by atoms with Gasteiger partial charge in [-0.2, -0.15) is 5.10 Å². The number of carbonyl (C=O) groups is 1. The number of amides is 1. The van der Waals surface area contributed by atoms with Crippen LogP contribution < -0.4 is 14.9 Å². The summed E-state index contributed by atoms with van der Waals surface area (Å²) in [7, 11) is 0. The van der Waals surface area contributed by atoms with Crippen molar-refractivity contribution in [3.8, 4) is 23.8 Å². The van der Waals surface area contributed by atoms with Crippen molar-refractivity contribution < 1.29 is 18.7 Å². The number of benzene rings is 2. The van der Waals surface area contributed by atoms with Crippen LogP contribution in [-0.4, -0.2) is 25.3 Å². The molecule has 0 radical (unpaired) electrons. The van der Waals surface area contributed by atoms with Gasteiger partial charge >= 0.3 is 0 Å². The molecule has 0 aliphatic carbocycles. The Hall–Kier alpha value is -2.85. The molecule has 0 saturated carbocycles. The Morgan fingerprint density at radius 3 is 2.68 bits per heavy atom. The molecular formula is C18H14BrFN2O3. The summed E-state index contributed by atoms with van der Waals surface area (Å²) in [5, 5.41) is 3.86. The zero-order valence-electron chi connectivity index (χ0n) is 13.0. The molecular weight excluding hydrogens is 391 g/mol. The molecule has 2 aromatic rings. The molecule has 25 heavy (non-hydrogen) atoms. The molecule has 0 spiro atoms. The van der Waals surface area contributed by atoms with Gasteiger partial charge in [0, 0.05) is 10.0 Å². The van der Waals surface area contributed by atoms with Gasteiger partial charge in [-0.25, -0.2) is 9.82 Å². The van der Waals surface area contributed by atoms with Gasteiger partial charge in [0.15, 0.2) is 6.61 Å². The van der Waals surface area contributed by atoms with E-state index in [-0.39, 0.29) is 19.0 Å². The Labute approximate surface area is 153 Å². The first-order chi connectivity index (χ1) is 12.1. The summed E-state index contributed by atoms with van der Waals surface area (Å²) in [4.78, 5) is 11.7. The summed E-state index contributed by atoms with van der Waals surface area (Å²) in [5.74, 6) is 2.54. The summed E-state index contributed by atoms with van der Waals surface area (Å²) < 4.78 is 24.1. The Balaban J connectivity index is 1.86. The maximum Gasteiger partial charge on any atom is 0.277 e. The lowest BCUT2D eigenvalue weighted by Gasteiger charge is -2.06. The molecule has 1 N–H and O–H groups in total. The maximum atomic E-state index is 12.8. The van der Waals surface area contributed by atoms with E-state index in [1.165, 1.54) is 30.5 Å². The standard InChI is InChI=1S/C18H14BrFN2O3/c1-2-9-24-16-7-8-17(19)13(10-16)11-21-22-18(23)12-25-15-5-3-14(20)4-6-15/h1,3-8,10-11H,9,12H2,(H,22,23)/b21-11+. The first kappa shape index (κ1) is 18.5. The van der Waals surface area contributed by atoms with Crippen LogP contribution in [0.15, 0.2) is 52.0 Å². The monoisotopic (exact) mass is 404 g/mol. The molecule has 0 bridgehead atoms. The Morgan fingerprint density at radius 2 is 1.96 bits per heavy atom. The van der Waals surface area contributed by atoms with E-state index in [1.807, 2.05) is 0 Å². The van der Waals surface area contributed by atoms with E-state index < -0.39 is 5.91 Å². The van der Waals surface area contributed by atoms with Gasteiger partial charge in [0.05, 0.1) is 6.21 Å². The smallest absolute Gasteiger partial charge is 0.277 e. The highest BCUT2D eigenvalue weighted by molar-refractivity contribution is 9.10. The van der Waals surface area contributed by atoms with Gasteiger partial charge < -0.3 is 9.47 Å².